The lowest BCUT2D eigenvalue weighted by molar-refractivity contribution is 0.580. The van der Waals surface area contributed by atoms with Gasteiger partial charge in [-0.3, -0.25) is 4.57 Å². The predicted octanol–water partition coefficient (Wildman–Crippen LogP) is -1.14. The van der Waals surface area contributed by atoms with Gasteiger partial charge >= 0.3 is 0 Å². The fraction of sp³-hybridized carbons (Fsp3) is 0.286. The molecule has 0 atom stereocenters. The molecule has 2 N–H and O–H groups in total. The van der Waals surface area contributed by atoms with Gasteiger partial charge in [0.25, 0.3) is 15.2 Å². The number of aromatic nitrogens is 5. The Hall–Kier alpha value is -1.74. The van der Waals surface area contributed by atoms with Crippen LogP contribution in [-0.4, -0.2) is 32.7 Å². The Labute approximate surface area is 91.8 Å². The normalized spacial score (nSPS) is 11.9. The van der Waals surface area contributed by atoms with E-state index in [4.69, 9.17) is 5.14 Å². The van der Waals surface area contributed by atoms with E-state index in [1.807, 2.05) is 0 Å². The summed E-state index contributed by atoms with van der Waals surface area (Å²) in [7, 11) is -0.542. The zero-order valence-electron chi connectivity index (χ0n) is 8.69. The van der Waals surface area contributed by atoms with Crippen LogP contribution in [0.3, 0.4) is 0 Å². The van der Waals surface area contributed by atoms with Gasteiger partial charge in [0, 0.05) is 20.3 Å². The van der Waals surface area contributed by atoms with Crippen molar-refractivity contribution in [3.63, 3.8) is 0 Å². The van der Waals surface area contributed by atoms with Crippen molar-refractivity contribution in [2.75, 3.05) is 0 Å². The van der Waals surface area contributed by atoms with E-state index in [0.717, 1.165) is 0 Å². The number of nitrogens with two attached hydrogens (primary N) is 1. The van der Waals surface area contributed by atoms with Gasteiger partial charge < -0.3 is 4.57 Å². The Morgan fingerprint density at radius 1 is 1.31 bits per heavy atom. The van der Waals surface area contributed by atoms with Gasteiger partial charge in [0.1, 0.15) is 5.69 Å². The van der Waals surface area contributed by atoms with Gasteiger partial charge in [0.2, 0.25) is 0 Å². The number of hydrogen-bond acceptors (Lipinski definition) is 5. The first-order valence-electron chi connectivity index (χ1n) is 4.30. The van der Waals surface area contributed by atoms with Crippen molar-refractivity contribution in [1.29, 1.82) is 0 Å². The van der Waals surface area contributed by atoms with Gasteiger partial charge in [-0.05, 0) is 0 Å². The van der Waals surface area contributed by atoms with E-state index in [1.165, 1.54) is 11.6 Å². The molecule has 9 heteroatoms. The third kappa shape index (κ3) is 1.70. The van der Waals surface area contributed by atoms with Crippen LogP contribution in [0.1, 0.15) is 0 Å². The molecule has 8 nitrogen and oxygen atoms in total. The molecule has 2 aromatic heterocycles. The van der Waals surface area contributed by atoms with Crippen LogP contribution in [0.5, 0.6) is 0 Å². The second-order valence-electron chi connectivity index (χ2n) is 3.33. The van der Waals surface area contributed by atoms with Crippen molar-refractivity contribution in [3.8, 4) is 11.5 Å². The van der Waals surface area contributed by atoms with Gasteiger partial charge in [-0.25, -0.2) is 18.5 Å². The van der Waals surface area contributed by atoms with Gasteiger partial charge in [-0.1, -0.05) is 0 Å². The highest BCUT2D eigenvalue weighted by Crippen LogP contribution is 2.15. The molecule has 2 rings (SSSR count). The van der Waals surface area contributed by atoms with Gasteiger partial charge in [0.05, 0.1) is 6.33 Å². The first-order valence-corrected chi connectivity index (χ1v) is 5.85. The maximum atomic E-state index is 11.1. The van der Waals surface area contributed by atoms with Crippen LogP contribution in [-0.2, 0) is 24.1 Å². The van der Waals surface area contributed by atoms with Crippen molar-refractivity contribution in [2.24, 2.45) is 19.2 Å². The van der Waals surface area contributed by atoms with E-state index >= 15 is 0 Å². The highest BCUT2D eigenvalue weighted by atomic mass is 32.2. The molecular weight excluding hydrogens is 232 g/mol. The Balaban J connectivity index is 2.58. The molecule has 0 amide bonds. The average Bonchev–Trinajstić information content (AvgIpc) is 2.70. The lowest BCUT2D eigenvalue weighted by atomic mass is 10.4. The summed E-state index contributed by atoms with van der Waals surface area (Å²) in [6.07, 6.45) is 3.29. The maximum absolute atomic E-state index is 11.1. The van der Waals surface area contributed by atoms with E-state index in [1.54, 1.807) is 24.1 Å². The molecule has 0 aliphatic rings. The van der Waals surface area contributed by atoms with E-state index < -0.39 is 10.0 Å². The Bertz CT molecular complexity index is 625. The third-order valence-corrected chi connectivity index (χ3v) is 2.89. The summed E-state index contributed by atoms with van der Waals surface area (Å²) in [6.45, 7) is 0. The Morgan fingerprint density at radius 2 is 2.00 bits per heavy atom. The minimum atomic E-state index is -3.86. The first kappa shape index (κ1) is 10.8. The largest absolute Gasteiger partial charge is 0.340 e. The van der Waals surface area contributed by atoms with E-state index in [0.29, 0.717) is 11.5 Å². The van der Waals surface area contributed by atoms with E-state index in [2.05, 4.69) is 15.2 Å². The minimum Gasteiger partial charge on any atom is -0.340 e. The topological polar surface area (TPSA) is 109 Å². The van der Waals surface area contributed by atoms with Gasteiger partial charge in [-0.2, -0.15) is 0 Å². The molecule has 0 radical (unpaired) electrons. The van der Waals surface area contributed by atoms with Gasteiger partial charge in [-0.15, -0.1) is 10.2 Å². The second-order valence-corrected chi connectivity index (χ2v) is 4.79. The molecule has 0 saturated heterocycles. The molecule has 0 aromatic carbocycles. The SMILES string of the molecule is Cn1cnc(-c2nnc(S(N)(=O)=O)n2C)c1. The van der Waals surface area contributed by atoms with Crippen LogP contribution in [0.4, 0.5) is 0 Å². The molecule has 0 spiro atoms. The number of primary sulfonamides is 1. The highest BCUT2D eigenvalue weighted by molar-refractivity contribution is 7.89. The summed E-state index contributed by atoms with van der Waals surface area (Å²) >= 11 is 0. The number of hydrogen-bond donors (Lipinski definition) is 1. The zero-order chi connectivity index (χ0) is 11.9. The third-order valence-electron chi connectivity index (χ3n) is 2.02. The molecule has 0 fully saturated rings. The second kappa shape index (κ2) is 3.39. The van der Waals surface area contributed by atoms with Crippen LogP contribution in [0.25, 0.3) is 11.5 Å². The number of nitrogens with zero attached hydrogens (tertiary/aromatic N) is 5. The number of imidazole rings is 1. The first-order chi connectivity index (χ1) is 7.39. The molecule has 0 bridgehead atoms. The van der Waals surface area contributed by atoms with E-state index in [9.17, 15) is 8.42 Å². The van der Waals surface area contributed by atoms with Crippen molar-refractivity contribution >= 4 is 10.0 Å². The molecule has 16 heavy (non-hydrogen) atoms. The van der Waals surface area contributed by atoms with E-state index in [-0.39, 0.29) is 5.16 Å². The zero-order valence-corrected chi connectivity index (χ0v) is 9.51. The van der Waals surface area contributed by atoms with Crippen molar-refractivity contribution < 1.29 is 8.42 Å². The molecule has 0 aliphatic heterocycles. The van der Waals surface area contributed by atoms with Crippen LogP contribution >= 0.6 is 0 Å². The number of aryl methyl sites for hydroxylation is 1. The van der Waals surface area contributed by atoms with Crippen LogP contribution < -0.4 is 5.14 Å². The Kier molecular flexibility index (Phi) is 2.28. The molecule has 0 unspecified atom stereocenters. The monoisotopic (exact) mass is 242 g/mol. The highest BCUT2D eigenvalue weighted by Gasteiger charge is 2.20. The summed E-state index contributed by atoms with van der Waals surface area (Å²) in [5, 5.41) is 12.0. The molecule has 0 aliphatic carbocycles. The maximum Gasteiger partial charge on any atom is 0.273 e. The summed E-state index contributed by atoms with van der Waals surface area (Å²) in [5.41, 5.74) is 0.535. The standard InChI is InChI=1S/C7H10N6O2S/c1-12-3-5(9-4-12)6-10-11-7(13(6)2)16(8,14)15/h3-4H,1-2H3,(H2,8,14,15). The number of sulfonamides is 1. The predicted molar refractivity (Wildman–Crippen MR) is 54.6 cm³/mol. The van der Waals surface area contributed by atoms with Crippen molar-refractivity contribution in [3.05, 3.63) is 12.5 Å². The van der Waals surface area contributed by atoms with Crippen LogP contribution in [0.15, 0.2) is 17.7 Å². The van der Waals surface area contributed by atoms with Crippen LogP contribution in [0.2, 0.25) is 0 Å². The molecule has 2 heterocycles. The van der Waals surface area contributed by atoms with Crippen molar-refractivity contribution in [1.82, 2.24) is 24.3 Å². The lowest BCUT2D eigenvalue weighted by Gasteiger charge is -1.98. The minimum absolute atomic E-state index is 0.284. The summed E-state index contributed by atoms with van der Waals surface area (Å²) in [4.78, 5) is 4.05. The summed E-state index contributed by atoms with van der Waals surface area (Å²) in [5.74, 6) is 0.352. The lowest BCUT2D eigenvalue weighted by Crippen LogP contribution is -2.17. The quantitative estimate of drug-likeness (QED) is 0.716. The Morgan fingerprint density at radius 3 is 2.44 bits per heavy atom. The number of rotatable bonds is 2. The smallest absolute Gasteiger partial charge is 0.273 e. The van der Waals surface area contributed by atoms with Crippen LogP contribution in [0, 0.1) is 0 Å². The molecular formula is C7H10N6O2S. The van der Waals surface area contributed by atoms with Crippen molar-refractivity contribution in [2.45, 2.75) is 5.16 Å². The summed E-state index contributed by atoms with van der Waals surface area (Å²) in [6, 6.07) is 0. The fourth-order valence-corrected chi connectivity index (χ4v) is 1.94. The summed E-state index contributed by atoms with van der Waals surface area (Å²) < 4.78 is 25.3. The molecule has 2 aromatic rings. The van der Waals surface area contributed by atoms with Gasteiger partial charge in [0.15, 0.2) is 5.82 Å². The average molecular weight is 242 g/mol. The molecule has 0 saturated carbocycles. The fourth-order valence-electron chi connectivity index (χ4n) is 1.31. The molecule has 86 valence electrons.